The number of allylic oxidation sites excluding steroid dienone is 1. The Morgan fingerprint density at radius 2 is 2.07 bits per heavy atom. The number of hydrogen-bond donors (Lipinski definition) is 1. The SMILES string of the molecule is COc1ccc(C=C(C#N)c2n[nH]c(CSc3ncc(C(F)(F)F)cc3Cl)n2)cc1. The number of aromatic nitrogens is 4. The van der Waals surface area contributed by atoms with Crippen LogP contribution in [0.25, 0.3) is 11.6 Å². The van der Waals surface area contributed by atoms with Crippen molar-refractivity contribution in [3.8, 4) is 11.8 Å². The number of H-pyrrole nitrogens is 1. The molecule has 2 aromatic heterocycles. The van der Waals surface area contributed by atoms with Crippen molar-refractivity contribution in [2.24, 2.45) is 0 Å². The molecular formula is C19H13ClF3N5OS. The molecule has 0 atom stereocenters. The van der Waals surface area contributed by atoms with Gasteiger partial charge in [0.1, 0.15) is 22.7 Å². The van der Waals surface area contributed by atoms with Gasteiger partial charge in [-0.25, -0.2) is 9.97 Å². The maximum Gasteiger partial charge on any atom is 0.417 e. The zero-order valence-corrected chi connectivity index (χ0v) is 16.9. The van der Waals surface area contributed by atoms with Gasteiger partial charge in [0.15, 0.2) is 5.82 Å². The Hall–Kier alpha value is -3.03. The molecule has 154 valence electrons. The number of ether oxygens (including phenoxy) is 1. The van der Waals surface area contributed by atoms with E-state index < -0.39 is 11.7 Å². The van der Waals surface area contributed by atoms with Crippen LogP contribution in [0.1, 0.15) is 22.8 Å². The molecule has 0 fully saturated rings. The molecule has 0 saturated heterocycles. The van der Waals surface area contributed by atoms with Gasteiger partial charge in [-0.2, -0.15) is 23.5 Å². The van der Waals surface area contributed by atoms with Crippen LogP contribution in [0.5, 0.6) is 5.75 Å². The second kappa shape index (κ2) is 9.19. The van der Waals surface area contributed by atoms with Crippen LogP contribution in [0, 0.1) is 11.3 Å². The highest BCUT2D eigenvalue weighted by atomic mass is 35.5. The summed E-state index contributed by atoms with van der Waals surface area (Å²) in [6, 6.07) is 9.99. The van der Waals surface area contributed by atoms with Gasteiger partial charge in [-0.15, -0.1) is 0 Å². The molecule has 0 aliphatic carbocycles. The molecule has 0 bridgehead atoms. The molecule has 3 aromatic rings. The molecule has 0 radical (unpaired) electrons. The molecule has 0 unspecified atom stereocenters. The summed E-state index contributed by atoms with van der Waals surface area (Å²) in [5.41, 5.74) is 0.105. The van der Waals surface area contributed by atoms with E-state index in [2.05, 4.69) is 26.2 Å². The van der Waals surface area contributed by atoms with Crippen molar-refractivity contribution in [1.82, 2.24) is 20.2 Å². The van der Waals surface area contributed by atoms with Crippen LogP contribution in [0.4, 0.5) is 13.2 Å². The number of hydrogen-bond acceptors (Lipinski definition) is 6. The number of thioether (sulfide) groups is 1. The summed E-state index contributed by atoms with van der Waals surface area (Å²) >= 11 is 7.00. The number of nitriles is 1. The van der Waals surface area contributed by atoms with Crippen LogP contribution in [0.15, 0.2) is 41.6 Å². The van der Waals surface area contributed by atoms with Crippen molar-refractivity contribution in [1.29, 1.82) is 5.26 Å². The molecular weight excluding hydrogens is 439 g/mol. The summed E-state index contributed by atoms with van der Waals surface area (Å²) < 4.78 is 43.2. The standard InChI is InChI=1S/C19H13ClF3N5OS/c1-29-14-4-2-11(3-5-14)6-12(8-24)17-26-16(27-28-17)10-30-18-15(20)7-13(9-25-18)19(21,22)23/h2-7,9H,10H2,1H3,(H,26,27,28). The molecule has 2 heterocycles. The van der Waals surface area contributed by atoms with Gasteiger partial charge in [0.25, 0.3) is 0 Å². The third-order valence-electron chi connectivity index (χ3n) is 3.80. The Bertz CT molecular complexity index is 1110. The number of halogens is 4. The lowest BCUT2D eigenvalue weighted by Gasteiger charge is -2.08. The number of benzene rings is 1. The fourth-order valence-electron chi connectivity index (χ4n) is 2.32. The second-order valence-corrected chi connectivity index (χ2v) is 7.22. The third-order valence-corrected chi connectivity index (χ3v) is 5.22. The van der Waals surface area contributed by atoms with Gasteiger partial charge in [0.05, 0.1) is 29.0 Å². The van der Waals surface area contributed by atoms with Crippen LogP contribution < -0.4 is 4.74 Å². The quantitative estimate of drug-likeness (QED) is 0.407. The summed E-state index contributed by atoms with van der Waals surface area (Å²) in [5.74, 6) is 1.55. The smallest absolute Gasteiger partial charge is 0.417 e. The van der Waals surface area contributed by atoms with Crippen LogP contribution in [0.3, 0.4) is 0 Å². The topological polar surface area (TPSA) is 87.5 Å². The van der Waals surface area contributed by atoms with Crippen LogP contribution in [-0.4, -0.2) is 27.3 Å². The molecule has 1 aromatic carbocycles. The van der Waals surface area contributed by atoms with E-state index >= 15 is 0 Å². The summed E-state index contributed by atoms with van der Waals surface area (Å²) in [6.45, 7) is 0. The molecule has 6 nitrogen and oxygen atoms in total. The molecule has 1 N–H and O–H groups in total. The number of rotatable bonds is 6. The maximum absolute atomic E-state index is 12.7. The summed E-state index contributed by atoms with van der Waals surface area (Å²) in [7, 11) is 1.56. The second-order valence-electron chi connectivity index (χ2n) is 5.85. The molecule has 0 amide bonds. The maximum atomic E-state index is 12.7. The monoisotopic (exact) mass is 451 g/mol. The van der Waals surface area contributed by atoms with Gasteiger partial charge in [-0.1, -0.05) is 35.5 Å². The first kappa shape index (κ1) is 21.7. The van der Waals surface area contributed by atoms with Crippen molar-refractivity contribution in [3.63, 3.8) is 0 Å². The summed E-state index contributed by atoms with van der Waals surface area (Å²) in [6.07, 6.45) is -2.15. The van der Waals surface area contributed by atoms with Crippen molar-refractivity contribution >= 4 is 35.0 Å². The number of nitrogens with zero attached hydrogens (tertiary/aromatic N) is 4. The average Bonchev–Trinajstić information content (AvgIpc) is 3.19. The molecule has 0 spiro atoms. The van der Waals surface area contributed by atoms with Crippen molar-refractivity contribution in [3.05, 3.63) is 64.3 Å². The van der Waals surface area contributed by atoms with Crippen LogP contribution >= 0.6 is 23.4 Å². The van der Waals surface area contributed by atoms with Gasteiger partial charge in [-0.05, 0) is 29.8 Å². The van der Waals surface area contributed by atoms with E-state index in [0.29, 0.717) is 11.6 Å². The number of nitrogens with one attached hydrogen (secondary N) is 1. The van der Waals surface area contributed by atoms with E-state index in [0.717, 1.165) is 29.6 Å². The highest BCUT2D eigenvalue weighted by molar-refractivity contribution is 7.98. The number of alkyl halides is 3. The number of pyridine rings is 1. The molecule has 30 heavy (non-hydrogen) atoms. The lowest BCUT2D eigenvalue weighted by Crippen LogP contribution is -2.05. The van der Waals surface area contributed by atoms with Crippen molar-refractivity contribution in [2.45, 2.75) is 17.0 Å². The van der Waals surface area contributed by atoms with Gasteiger partial charge >= 0.3 is 6.18 Å². The Balaban J connectivity index is 1.71. The predicted octanol–water partition coefficient (Wildman–Crippen LogP) is 5.24. The van der Waals surface area contributed by atoms with E-state index in [9.17, 15) is 18.4 Å². The van der Waals surface area contributed by atoms with Crippen LogP contribution in [-0.2, 0) is 11.9 Å². The minimum Gasteiger partial charge on any atom is -0.497 e. The minimum atomic E-state index is -4.51. The number of aromatic amines is 1. The lowest BCUT2D eigenvalue weighted by atomic mass is 10.1. The Morgan fingerprint density at radius 3 is 2.67 bits per heavy atom. The third kappa shape index (κ3) is 5.31. The number of methoxy groups -OCH3 is 1. The normalized spacial score (nSPS) is 11.9. The molecule has 0 aliphatic heterocycles. The van der Waals surface area contributed by atoms with Gasteiger partial charge in [-0.3, -0.25) is 5.10 Å². The highest BCUT2D eigenvalue weighted by Crippen LogP contribution is 2.34. The lowest BCUT2D eigenvalue weighted by molar-refractivity contribution is -0.137. The van der Waals surface area contributed by atoms with E-state index in [1.54, 1.807) is 37.5 Å². The average molecular weight is 452 g/mol. The van der Waals surface area contributed by atoms with Gasteiger partial charge < -0.3 is 4.74 Å². The van der Waals surface area contributed by atoms with Crippen molar-refractivity contribution < 1.29 is 17.9 Å². The summed E-state index contributed by atoms with van der Waals surface area (Å²) in [4.78, 5) is 8.02. The largest absolute Gasteiger partial charge is 0.497 e. The zero-order valence-electron chi connectivity index (χ0n) is 15.4. The zero-order chi connectivity index (χ0) is 21.7. The Kier molecular flexibility index (Phi) is 6.64. The van der Waals surface area contributed by atoms with E-state index in [-0.39, 0.29) is 27.2 Å². The molecule has 3 rings (SSSR count). The minimum absolute atomic E-state index is 0.105. The molecule has 0 saturated carbocycles. The van der Waals surface area contributed by atoms with E-state index in [1.807, 2.05) is 0 Å². The fourth-order valence-corrected chi connectivity index (χ4v) is 3.37. The predicted molar refractivity (Wildman–Crippen MR) is 107 cm³/mol. The Labute approximate surface area is 178 Å². The Morgan fingerprint density at radius 1 is 1.33 bits per heavy atom. The highest BCUT2D eigenvalue weighted by Gasteiger charge is 2.31. The first-order valence-corrected chi connectivity index (χ1v) is 9.69. The fraction of sp³-hybridized carbons (Fsp3) is 0.158. The molecule has 11 heteroatoms. The van der Waals surface area contributed by atoms with E-state index in [1.165, 1.54) is 0 Å². The first-order chi connectivity index (χ1) is 14.3. The van der Waals surface area contributed by atoms with Gasteiger partial charge in [0, 0.05) is 6.20 Å². The van der Waals surface area contributed by atoms with Crippen LogP contribution in [0.2, 0.25) is 5.02 Å². The van der Waals surface area contributed by atoms with E-state index in [4.69, 9.17) is 16.3 Å². The first-order valence-electron chi connectivity index (χ1n) is 8.33. The van der Waals surface area contributed by atoms with Crippen molar-refractivity contribution in [2.75, 3.05) is 7.11 Å². The molecule has 0 aliphatic rings. The van der Waals surface area contributed by atoms with Gasteiger partial charge in [0.2, 0.25) is 0 Å². The summed E-state index contributed by atoms with van der Waals surface area (Å²) in [5, 5.41) is 16.3.